The Bertz CT molecular complexity index is 486. The Morgan fingerprint density at radius 2 is 1.55 bits per heavy atom. The van der Waals surface area contributed by atoms with Crippen LogP contribution in [0.25, 0.3) is 0 Å². The number of rotatable bonds is 5. The summed E-state index contributed by atoms with van der Waals surface area (Å²) in [4.78, 5) is 33.5. The summed E-state index contributed by atoms with van der Waals surface area (Å²) in [5, 5.41) is 9.96. The third-order valence-electron chi connectivity index (χ3n) is 2.29. The largest absolute Gasteiger partial charge is 0.346 e. The zero-order valence-corrected chi connectivity index (χ0v) is 11.0. The van der Waals surface area contributed by atoms with Gasteiger partial charge in [0, 0.05) is 18.4 Å². The highest BCUT2D eigenvalue weighted by Gasteiger charge is 2.05. The smallest absolute Gasteiger partial charge is 0.318 e. The van der Waals surface area contributed by atoms with Gasteiger partial charge in [-0.1, -0.05) is 0 Å². The Labute approximate surface area is 116 Å². The van der Waals surface area contributed by atoms with Crippen LogP contribution in [-0.4, -0.2) is 38.0 Å². The van der Waals surface area contributed by atoms with E-state index in [1.807, 2.05) is 0 Å². The lowest BCUT2D eigenvalue weighted by molar-refractivity contribution is -0.123. The van der Waals surface area contributed by atoms with Gasteiger partial charge >= 0.3 is 6.03 Å². The monoisotopic (exact) mass is 279 g/mol. The number of urea groups is 1. The van der Waals surface area contributed by atoms with Crippen molar-refractivity contribution < 1.29 is 14.4 Å². The van der Waals surface area contributed by atoms with Crippen LogP contribution in [0.15, 0.2) is 24.3 Å². The number of benzene rings is 1. The second-order valence-electron chi connectivity index (χ2n) is 3.81. The molecule has 8 nitrogen and oxygen atoms in total. The van der Waals surface area contributed by atoms with Gasteiger partial charge in [0.1, 0.15) is 0 Å². The number of carbonyl (C=O) groups excluding carboxylic acids is 3. The highest BCUT2D eigenvalue weighted by Crippen LogP contribution is 2.13. The Morgan fingerprint density at radius 1 is 1.00 bits per heavy atom. The molecule has 0 unspecified atom stereocenters. The lowest BCUT2D eigenvalue weighted by Gasteiger charge is -2.08. The van der Waals surface area contributed by atoms with E-state index in [4.69, 9.17) is 5.73 Å². The molecule has 1 aromatic carbocycles. The molecule has 0 saturated carbocycles. The van der Waals surface area contributed by atoms with Gasteiger partial charge in [0.2, 0.25) is 11.8 Å². The van der Waals surface area contributed by atoms with Crippen LogP contribution in [0.5, 0.6) is 0 Å². The van der Waals surface area contributed by atoms with Crippen LogP contribution in [0.3, 0.4) is 0 Å². The molecule has 0 aliphatic heterocycles. The van der Waals surface area contributed by atoms with Crippen LogP contribution in [0.2, 0.25) is 0 Å². The molecule has 0 aliphatic rings. The summed E-state index contributed by atoms with van der Waals surface area (Å²) in [5.41, 5.74) is 6.25. The van der Waals surface area contributed by atoms with Gasteiger partial charge in [-0.3, -0.25) is 9.59 Å². The summed E-state index contributed by atoms with van der Waals surface area (Å²) in [6.45, 7) is -0.304. The van der Waals surface area contributed by atoms with Gasteiger partial charge in [-0.15, -0.1) is 0 Å². The van der Waals surface area contributed by atoms with Gasteiger partial charge < -0.3 is 27.0 Å². The zero-order valence-electron chi connectivity index (χ0n) is 11.0. The van der Waals surface area contributed by atoms with Crippen molar-refractivity contribution in [1.29, 1.82) is 0 Å². The summed E-state index contributed by atoms with van der Waals surface area (Å²) in [5.74, 6) is -0.760. The van der Waals surface area contributed by atoms with Crippen molar-refractivity contribution in [3.05, 3.63) is 24.3 Å². The Morgan fingerprint density at radius 3 is 2.05 bits per heavy atom. The van der Waals surface area contributed by atoms with Gasteiger partial charge in [-0.05, 0) is 24.3 Å². The lowest BCUT2D eigenvalue weighted by atomic mass is 10.3. The fourth-order valence-corrected chi connectivity index (χ4v) is 1.29. The van der Waals surface area contributed by atoms with E-state index in [2.05, 4.69) is 21.3 Å². The lowest BCUT2D eigenvalue weighted by Crippen LogP contribution is -2.36. The van der Waals surface area contributed by atoms with Crippen molar-refractivity contribution in [3.63, 3.8) is 0 Å². The first-order valence-electron chi connectivity index (χ1n) is 5.90. The van der Waals surface area contributed by atoms with Gasteiger partial charge in [0.15, 0.2) is 0 Å². The second-order valence-corrected chi connectivity index (χ2v) is 3.81. The Balaban J connectivity index is 2.46. The van der Waals surface area contributed by atoms with Crippen molar-refractivity contribution >= 4 is 29.2 Å². The highest BCUT2D eigenvalue weighted by atomic mass is 16.2. The molecule has 0 aromatic heterocycles. The molecule has 0 spiro atoms. The maximum Gasteiger partial charge on any atom is 0.318 e. The summed E-state index contributed by atoms with van der Waals surface area (Å²) in [7, 11) is 1.51. The van der Waals surface area contributed by atoms with E-state index in [1.54, 1.807) is 24.3 Å². The van der Waals surface area contributed by atoms with E-state index >= 15 is 0 Å². The average Bonchev–Trinajstić information content (AvgIpc) is 2.46. The van der Waals surface area contributed by atoms with Crippen LogP contribution in [-0.2, 0) is 9.59 Å². The van der Waals surface area contributed by atoms with Crippen molar-refractivity contribution in [2.45, 2.75) is 0 Å². The first-order valence-corrected chi connectivity index (χ1v) is 5.90. The third kappa shape index (κ3) is 5.36. The minimum absolute atomic E-state index is 0.145. The van der Waals surface area contributed by atoms with E-state index < -0.39 is 5.91 Å². The number of nitrogens with two attached hydrogens (primary N) is 1. The number of amides is 4. The second kappa shape index (κ2) is 7.74. The van der Waals surface area contributed by atoms with Crippen LogP contribution in [0, 0.1) is 0 Å². The van der Waals surface area contributed by atoms with Gasteiger partial charge in [0.05, 0.1) is 13.1 Å². The van der Waals surface area contributed by atoms with Crippen molar-refractivity contribution in [2.24, 2.45) is 5.73 Å². The molecule has 0 radical (unpaired) electrons. The SMILES string of the molecule is CNC(=O)Nc1ccc(NC(=O)CNC(=O)CN)cc1. The van der Waals surface area contributed by atoms with Gasteiger partial charge in [0.25, 0.3) is 0 Å². The van der Waals surface area contributed by atoms with Gasteiger partial charge in [-0.2, -0.15) is 0 Å². The standard InChI is InChI=1S/C12H17N5O3/c1-14-12(20)17-9-4-2-8(3-5-9)16-11(19)7-15-10(18)6-13/h2-5H,6-7,13H2,1H3,(H,15,18)(H,16,19)(H2,14,17,20). The maximum absolute atomic E-state index is 11.5. The molecule has 8 heteroatoms. The molecule has 1 rings (SSSR count). The molecular weight excluding hydrogens is 262 g/mol. The van der Waals surface area contributed by atoms with E-state index in [0.29, 0.717) is 11.4 Å². The predicted octanol–water partition coefficient (Wildman–Crippen LogP) is -0.549. The highest BCUT2D eigenvalue weighted by molar-refractivity contribution is 5.95. The van der Waals surface area contributed by atoms with E-state index in [9.17, 15) is 14.4 Å². The molecule has 0 fully saturated rings. The van der Waals surface area contributed by atoms with Crippen LogP contribution < -0.4 is 27.0 Å². The molecule has 0 saturated heterocycles. The quantitative estimate of drug-likeness (QED) is 0.496. The van der Waals surface area contributed by atoms with Crippen LogP contribution in [0.4, 0.5) is 16.2 Å². The third-order valence-corrected chi connectivity index (χ3v) is 2.29. The summed E-state index contributed by atoms with van der Waals surface area (Å²) in [6, 6.07) is 6.22. The first-order chi connectivity index (χ1) is 9.55. The van der Waals surface area contributed by atoms with E-state index in [-0.39, 0.29) is 25.0 Å². The topological polar surface area (TPSA) is 125 Å². The average molecular weight is 279 g/mol. The molecule has 0 atom stereocenters. The van der Waals surface area contributed by atoms with E-state index in [1.165, 1.54) is 7.05 Å². The maximum atomic E-state index is 11.5. The predicted molar refractivity (Wildman–Crippen MR) is 75.2 cm³/mol. The molecule has 0 heterocycles. The molecule has 0 aliphatic carbocycles. The fourth-order valence-electron chi connectivity index (χ4n) is 1.29. The Kier molecular flexibility index (Phi) is 5.98. The van der Waals surface area contributed by atoms with Crippen molar-refractivity contribution in [1.82, 2.24) is 10.6 Å². The number of nitrogens with one attached hydrogen (secondary N) is 4. The van der Waals surface area contributed by atoms with Crippen molar-refractivity contribution in [3.8, 4) is 0 Å². The minimum Gasteiger partial charge on any atom is -0.346 e. The van der Waals surface area contributed by atoms with Crippen LogP contribution in [0.1, 0.15) is 0 Å². The fraction of sp³-hybridized carbons (Fsp3) is 0.250. The summed E-state index contributed by atoms with van der Waals surface area (Å²) < 4.78 is 0. The molecule has 1 aromatic rings. The van der Waals surface area contributed by atoms with Gasteiger partial charge in [-0.25, -0.2) is 4.79 Å². The number of hydrogen-bond acceptors (Lipinski definition) is 4. The number of anilines is 2. The summed E-state index contributed by atoms with van der Waals surface area (Å²) in [6.07, 6.45) is 0. The molecule has 108 valence electrons. The molecule has 6 N–H and O–H groups in total. The Hall–Kier alpha value is -2.61. The summed E-state index contributed by atoms with van der Waals surface area (Å²) >= 11 is 0. The van der Waals surface area contributed by atoms with Crippen molar-refractivity contribution in [2.75, 3.05) is 30.8 Å². The minimum atomic E-state index is -0.398. The number of carbonyl (C=O) groups is 3. The molecular formula is C12H17N5O3. The molecule has 20 heavy (non-hydrogen) atoms. The molecule has 4 amide bonds. The zero-order chi connectivity index (χ0) is 15.0. The number of hydrogen-bond donors (Lipinski definition) is 5. The molecule has 0 bridgehead atoms. The van der Waals surface area contributed by atoms with E-state index in [0.717, 1.165) is 0 Å². The normalized spacial score (nSPS) is 9.50. The first kappa shape index (κ1) is 15.4. The van der Waals surface area contributed by atoms with Crippen LogP contribution >= 0.6 is 0 Å².